The topological polar surface area (TPSA) is 53.7 Å². The molecular weight excluding hydrogens is 334 g/mol. The van der Waals surface area contributed by atoms with Gasteiger partial charge in [0.05, 0.1) is 21.9 Å². The summed E-state index contributed by atoms with van der Waals surface area (Å²) in [7, 11) is 0. The lowest BCUT2D eigenvalue weighted by atomic mass is 10.2. The zero-order valence-corrected chi connectivity index (χ0v) is 15.3. The molecule has 3 aromatic heterocycles. The second-order valence-electron chi connectivity index (χ2n) is 6.42. The molecule has 7 heteroatoms. The van der Waals surface area contributed by atoms with E-state index in [-0.39, 0.29) is 5.91 Å². The van der Waals surface area contributed by atoms with Gasteiger partial charge in [0.15, 0.2) is 0 Å². The molecule has 25 heavy (non-hydrogen) atoms. The quantitative estimate of drug-likeness (QED) is 0.724. The Kier molecular flexibility index (Phi) is 4.27. The first kappa shape index (κ1) is 16.2. The summed E-state index contributed by atoms with van der Waals surface area (Å²) in [4.78, 5) is 22.1. The number of aryl methyl sites for hydroxylation is 2. The molecule has 6 nitrogen and oxygen atoms in total. The molecule has 0 N–H and O–H groups in total. The SMILES string of the molecule is Cc1nc(C)c(C(=O)N2CCN(Cc3cc4ccccn4n3)CC2)s1. The number of fused-ring (bicyclic) bond motifs is 1. The van der Waals surface area contributed by atoms with E-state index >= 15 is 0 Å². The van der Waals surface area contributed by atoms with Gasteiger partial charge in [0.2, 0.25) is 0 Å². The van der Waals surface area contributed by atoms with Crippen molar-refractivity contribution in [1.29, 1.82) is 0 Å². The number of hydrogen-bond acceptors (Lipinski definition) is 5. The van der Waals surface area contributed by atoms with Crippen molar-refractivity contribution in [1.82, 2.24) is 24.4 Å². The van der Waals surface area contributed by atoms with Crippen LogP contribution in [0.1, 0.15) is 26.1 Å². The van der Waals surface area contributed by atoms with E-state index in [0.717, 1.165) is 59.5 Å². The number of nitrogens with zero attached hydrogens (tertiary/aromatic N) is 5. The van der Waals surface area contributed by atoms with Gasteiger partial charge in [-0.05, 0) is 32.0 Å². The minimum absolute atomic E-state index is 0.121. The van der Waals surface area contributed by atoms with Crippen LogP contribution in [0, 0.1) is 13.8 Å². The van der Waals surface area contributed by atoms with Gasteiger partial charge in [0, 0.05) is 38.9 Å². The summed E-state index contributed by atoms with van der Waals surface area (Å²) in [6, 6.07) is 8.19. The Balaban J connectivity index is 1.38. The first-order chi connectivity index (χ1) is 12.1. The normalized spacial score (nSPS) is 15.8. The number of thiazole rings is 1. The van der Waals surface area contributed by atoms with Gasteiger partial charge in [-0.15, -0.1) is 11.3 Å². The Bertz CT molecular complexity index is 874. The van der Waals surface area contributed by atoms with Crippen LogP contribution in [0.4, 0.5) is 0 Å². The number of piperazine rings is 1. The highest BCUT2D eigenvalue weighted by Crippen LogP contribution is 2.20. The van der Waals surface area contributed by atoms with Gasteiger partial charge in [-0.25, -0.2) is 9.50 Å². The minimum Gasteiger partial charge on any atom is -0.335 e. The van der Waals surface area contributed by atoms with Crippen LogP contribution in [0.5, 0.6) is 0 Å². The fourth-order valence-corrected chi connectivity index (χ4v) is 4.17. The van der Waals surface area contributed by atoms with Crippen molar-refractivity contribution in [2.24, 2.45) is 0 Å². The van der Waals surface area contributed by atoms with Crippen molar-refractivity contribution >= 4 is 22.8 Å². The van der Waals surface area contributed by atoms with Crippen molar-refractivity contribution in [3.63, 3.8) is 0 Å². The largest absolute Gasteiger partial charge is 0.335 e. The fraction of sp³-hybridized carbons (Fsp3) is 0.389. The summed E-state index contributed by atoms with van der Waals surface area (Å²) in [5.74, 6) is 0.121. The smallest absolute Gasteiger partial charge is 0.265 e. The Morgan fingerprint density at radius 1 is 1.20 bits per heavy atom. The average molecular weight is 355 g/mol. The van der Waals surface area contributed by atoms with Crippen LogP contribution in [0.25, 0.3) is 5.52 Å². The summed E-state index contributed by atoms with van der Waals surface area (Å²) >= 11 is 1.49. The molecule has 0 saturated carbocycles. The molecule has 1 aliphatic heterocycles. The third kappa shape index (κ3) is 3.29. The lowest BCUT2D eigenvalue weighted by Gasteiger charge is -2.34. The van der Waals surface area contributed by atoms with Gasteiger partial charge in [-0.1, -0.05) is 6.07 Å². The highest BCUT2D eigenvalue weighted by molar-refractivity contribution is 7.13. The predicted octanol–water partition coefficient (Wildman–Crippen LogP) is 2.37. The number of aromatic nitrogens is 3. The fourth-order valence-electron chi connectivity index (χ4n) is 3.28. The first-order valence-corrected chi connectivity index (χ1v) is 9.31. The Morgan fingerprint density at radius 3 is 2.68 bits per heavy atom. The number of amides is 1. The second kappa shape index (κ2) is 6.57. The maximum atomic E-state index is 12.7. The molecule has 0 aliphatic carbocycles. The van der Waals surface area contributed by atoms with Crippen LogP contribution in [0.2, 0.25) is 0 Å². The molecule has 0 aromatic carbocycles. The van der Waals surface area contributed by atoms with Gasteiger partial charge in [0.25, 0.3) is 5.91 Å². The molecule has 0 radical (unpaired) electrons. The van der Waals surface area contributed by atoms with Gasteiger partial charge in [-0.2, -0.15) is 5.10 Å². The van der Waals surface area contributed by atoms with Crippen molar-refractivity contribution in [2.75, 3.05) is 26.2 Å². The molecule has 0 spiro atoms. The number of hydrogen-bond donors (Lipinski definition) is 0. The van der Waals surface area contributed by atoms with Crippen molar-refractivity contribution < 1.29 is 4.79 Å². The van der Waals surface area contributed by atoms with E-state index in [1.54, 1.807) is 0 Å². The molecule has 0 bridgehead atoms. The van der Waals surface area contributed by atoms with E-state index < -0.39 is 0 Å². The summed E-state index contributed by atoms with van der Waals surface area (Å²) in [5.41, 5.74) is 3.03. The summed E-state index contributed by atoms with van der Waals surface area (Å²) < 4.78 is 1.91. The molecule has 130 valence electrons. The molecular formula is C18H21N5OS. The minimum atomic E-state index is 0.121. The highest BCUT2D eigenvalue weighted by Gasteiger charge is 2.25. The van der Waals surface area contributed by atoms with E-state index in [2.05, 4.69) is 27.1 Å². The number of carbonyl (C=O) groups excluding carboxylic acids is 1. The number of rotatable bonds is 3. The van der Waals surface area contributed by atoms with E-state index in [9.17, 15) is 4.79 Å². The van der Waals surface area contributed by atoms with Crippen LogP contribution in [-0.2, 0) is 6.54 Å². The van der Waals surface area contributed by atoms with Gasteiger partial charge >= 0.3 is 0 Å². The third-order valence-corrected chi connectivity index (χ3v) is 5.62. The molecule has 1 fully saturated rings. The molecule has 1 amide bonds. The lowest BCUT2D eigenvalue weighted by Crippen LogP contribution is -2.48. The maximum absolute atomic E-state index is 12.7. The van der Waals surface area contributed by atoms with E-state index in [0.29, 0.717) is 0 Å². The predicted molar refractivity (Wildman–Crippen MR) is 98.0 cm³/mol. The highest BCUT2D eigenvalue weighted by atomic mass is 32.1. The lowest BCUT2D eigenvalue weighted by molar-refractivity contribution is 0.0631. The number of carbonyl (C=O) groups is 1. The molecule has 0 atom stereocenters. The zero-order valence-electron chi connectivity index (χ0n) is 14.5. The Hall–Kier alpha value is -2.25. The van der Waals surface area contributed by atoms with Crippen LogP contribution in [0.3, 0.4) is 0 Å². The van der Waals surface area contributed by atoms with Gasteiger partial charge in [0.1, 0.15) is 4.88 Å². The van der Waals surface area contributed by atoms with Crippen molar-refractivity contribution in [3.05, 3.63) is 51.7 Å². The molecule has 3 aromatic rings. The van der Waals surface area contributed by atoms with Gasteiger partial charge < -0.3 is 4.90 Å². The standard InChI is InChI=1S/C18H21N5OS/c1-13-17(25-14(2)19-13)18(24)22-9-7-21(8-10-22)12-15-11-16-5-3-4-6-23(16)20-15/h3-6,11H,7-10,12H2,1-2H3. The second-order valence-corrected chi connectivity index (χ2v) is 7.62. The summed E-state index contributed by atoms with van der Waals surface area (Å²) in [5, 5.41) is 5.56. The third-order valence-electron chi connectivity index (χ3n) is 4.56. The van der Waals surface area contributed by atoms with E-state index in [1.807, 2.05) is 41.6 Å². The van der Waals surface area contributed by atoms with Crippen molar-refractivity contribution in [2.45, 2.75) is 20.4 Å². The molecule has 4 heterocycles. The first-order valence-electron chi connectivity index (χ1n) is 8.49. The molecule has 1 saturated heterocycles. The van der Waals surface area contributed by atoms with E-state index in [1.165, 1.54) is 11.3 Å². The van der Waals surface area contributed by atoms with Crippen LogP contribution >= 0.6 is 11.3 Å². The molecule has 4 rings (SSSR count). The zero-order chi connectivity index (χ0) is 17.4. The van der Waals surface area contributed by atoms with E-state index in [4.69, 9.17) is 0 Å². The van der Waals surface area contributed by atoms with Gasteiger partial charge in [-0.3, -0.25) is 9.69 Å². The Morgan fingerprint density at radius 2 is 2.00 bits per heavy atom. The average Bonchev–Trinajstić information content (AvgIpc) is 3.16. The van der Waals surface area contributed by atoms with Crippen molar-refractivity contribution in [3.8, 4) is 0 Å². The van der Waals surface area contributed by atoms with Crippen LogP contribution in [0.15, 0.2) is 30.5 Å². The molecule has 1 aliphatic rings. The summed E-state index contributed by atoms with van der Waals surface area (Å²) in [6.07, 6.45) is 1.97. The monoisotopic (exact) mass is 355 g/mol. The maximum Gasteiger partial charge on any atom is 0.265 e. The number of pyridine rings is 1. The summed E-state index contributed by atoms with van der Waals surface area (Å²) in [6.45, 7) is 7.93. The molecule has 0 unspecified atom stereocenters. The Labute approximate surface area is 150 Å². The van der Waals surface area contributed by atoms with Crippen LogP contribution in [-0.4, -0.2) is 56.5 Å². The van der Waals surface area contributed by atoms with Crippen LogP contribution < -0.4 is 0 Å².